The lowest BCUT2D eigenvalue weighted by Crippen LogP contribution is -2.27. The van der Waals surface area contributed by atoms with E-state index in [-0.39, 0.29) is 0 Å². The summed E-state index contributed by atoms with van der Waals surface area (Å²) in [4.78, 5) is 15.0. The van der Waals surface area contributed by atoms with E-state index in [2.05, 4.69) is 16.1 Å². The zero-order chi connectivity index (χ0) is 17.6. The van der Waals surface area contributed by atoms with Crippen LogP contribution in [0.2, 0.25) is 0 Å². The van der Waals surface area contributed by atoms with Crippen molar-refractivity contribution in [1.29, 1.82) is 0 Å². The highest BCUT2D eigenvalue weighted by molar-refractivity contribution is 7.99. The Morgan fingerprint density at radius 1 is 1.43 bits per heavy atom. The first-order valence-corrected chi connectivity index (χ1v) is 8.28. The van der Waals surface area contributed by atoms with Crippen molar-refractivity contribution in [2.45, 2.75) is 31.3 Å². The standard InChI is InChI=1S/C17H25N3O2S/c1-7-12-10-13(23-9-8-20(5)6)11-14(15(12)18)19-16(21)22-17(2,3)4/h1,10-11H,8-9,18H2,2-6H3,(H,19,21). The number of benzene rings is 1. The summed E-state index contributed by atoms with van der Waals surface area (Å²) in [6.07, 6.45) is 4.95. The van der Waals surface area contributed by atoms with Crippen molar-refractivity contribution in [2.75, 3.05) is 37.4 Å². The second-order valence-corrected chi connectivity index (χ2v) is 7.52. The Kier molecular flexibility index (Phi) is 6.79. The molecule has 0 aliphatic rings. The quantitative estimate of drug-likeness (QED) is 0.491. The molecule has 0 saturated heterocycles. The van der Waals surface area contributed by atoms with Crippen LogP contribution < -0.4 is 11.1 Å². The molecule has 0 unspecified atom stereocenters. The Labute approximate surface area is 142 Å². The minimum atomic E-state index is -0.578. The molecule has 0 heterocycles. The zero-order valence-corrected chi connectivity index (χ0v) is 15.2. The highest BCUT2D eigenvalue weighted by atomic mass is 32.2. The van der Waals surface area contributed by atoms with Gasteiger partial charge in [0, 0.05) is 17.2 Å². The molecule has 1 aromatic rings. The number of nitrogens with one attached hydrogen (secondary N) is 1. The third kappa shape index (κ3) is 6.85. The Balaban J connectivity index is 2.93. The van der Waals surface area contributed by atoms with Crippen LogP contribution in [0.15, 0.2) is 17.0 Å². The molecule has 5 nitrogen and oxygen atoms in total. The summed E-state index contributed by atoms with van der Waals surface area (Å²) in [7, 11) is 4.04. The molecule has 0 aliphatic heterocycles. The van der Waals surface area contributed by atoms with E-state index in [1.54, 1.807) is 32.5 Å². The molecular weight excluding hydrogens is 310 g/mol. The van der Waals surface area contributed by atoms with Gasteiger partial charge in [0.15, 0.2) is 0 Å². The Hall–Kier alpha value is -1.84. The van der Waals surface area contributed by atoms with E-state index in [9.17, 15) is 4.79 Å². The maximum atomic E-state index is 11.9. The number of carbonyl (C=O) groups excluding carboxylic acids is 1. The minimum absolute atomic E-state index is 0.371. The van der Waals surface area contributed by atoms with Crippen LogP contribution in [-0.2, 0) is 4.74 Å². The third-order valence-corrected chi connectivity index (χ3v) is 3.71. The number of nitrogen functional groups attached to an aromatic ring is 1. The number of rotatable bonds is 5. The molecule has 23 heavy (non-hydrogen) atoms. The number of ether oxygens (including phenoxy) is 1. The lowest BCUT2D eigenvalue weighted by atomic mass is 10.1. The summed E-state index contributed by atoms with van der Waals surface area (Å²) < 4.78 is 5.25. The maximum absolute atomic E-state index is 11.9. The lowest BCUT2D eigenvalue weighted by molar-refractivity contribution is 0.0636. The van der Waals surface area contributed by atoms with Crippen LogP contribution >= 0.6 is 11.8 Å². The fraction of sp³-hybridized carbons (Fsp3) is 0.471. The van der Waals surface area contributed by atoms with Gasteiger partial charge in [0.1, 0.15) is 5.60 Å². The highest BCUT2D eigenvalue weighted by Crippen LogP contribution is 2.30. The molecule has 0 bridgehead atoms. The number of hydrogen-bond donors (Lipinski definition) is 2. The number of carbonyl (C=O) groups is 1. The molecule has 0 atom stereocenters. The average Bonchev–Trinajstić information content (AvgIpc) is 2.39. The number of thioether (sulfide) groups is 1. The van der Waals surface area contributed by atoms with Gasteiger partial charge in [0.25, 0.3) is 0 Å². The van der Waals surface area contributed by atoms with Crippen molar-refractivity contribution in [3.8, 4) is 12.3 Å². The first-order valence-electron chi connectivity index (χ1n) is 7.30. The number of amides is 1. The summed E-state index contributed by atoms with van der Waals surface area (Å²) >= 11 is 1.66. The molecule has 0 spiro atoms. The molecule has 0 saturated carbocycles. The first kappa shape index (κ1) is 19.2. The van der Waals surface area contributed by atoms with Crippen molar-refractivity contribution in [1.82, 2.24) is 4.90 Å². The van der Waals surface area contributed by atoms with Gasteiger partial charge in [-0.25, -0.2) is 4.79 Å². The fourth-order valence-corrected chi connectivity index (χ4v) is 2.79. The number of anilines is 2. The molecule has 0 fully saturated rings. The van der Waals surface area contributed by atoms with Crippen LogP contribution in [0.3, 0.4) is 0 Å². The highest BCUT2D eigenvalue weighted by Gasteiger charge is 2.18. The van der Waals surface area contributed by atoms with E-state index in [1.165, 1.54) is 0 Å². The van der Waals surface area contributed by atoms with Crippen LogP contribution in [0, 0.1) is 12.3 Å². The predicted octanol–water partition coefficient (Wildman–Crippen LogP) is 3.25. The van der Waals surface area contributed by atoms with Crippen LogP contribution in [0.5, 0.6) is 0 Å². The van der Waals surface area contributed by atoms with Crippen LogP contribution in [0.4, 0.5) is 16.2 Å². The van der Waals surface area contributed by atoms with Crippen molar-refractivity contribution in [3.63, 3.8) is 0 Å². The van der Waals surface area contributed by atoms with E-state index in [0.29, 0.717) is 16.9 Å². The Bertz CT molecular complexity index is 601. The number of nitrogens with two attached hydrogens (primary N) is 1. The summed E-state index contributed by atoms with van der Waals surface area (Å²) in [5.41, 5.74) is 6.85. The van der Waals surface area contributed by atoms with E-state index in [0.717, 1.165) is 17.2 Å². The van der Waals surface area contributed by atoms with Gasteiger partial charge in [-0.3, -0.25) is 5.32 Å². The topological polar surface area (TPSA) is 67.6 Å². The molecule has 6 heteroatoms. The maximum Gasteiger partial charge on any atom is 0.412 e. The van der Waals surface area contributed by atoms with Crippen LogP contribution in [-0.4, -0.2) is 43.0 Å². The Morgan fingerprint density at radius 3 is 2.61 bits per heavy atom. The molecular formula is C17H25N3O2S. The zero-order valence-electron chi connectivity index (χ0n) is 14.4. The van der Waals surface area contributed by atoms with E-state index < -0.39 is 11.7 Å². The molecule has 1 rings (SSSR count). The van der Waals surface area contributed by atoms with Gasteiger partial charge < -0.3 is 15.4 Å². The van der Waals surface area contributed by atoms with E-state index in [4.69, 9.17) is 16.9 Å². The minimum Gasteiger partial charge on any atom is -0.444 e. The van der Waals surface area contributed by atoms with Gasteiger partial charge in [0.2, 0.25) is 0 Å². The second kappa shape index (κ2) is 8.14. The smallest absolute Gasteiger partial charge is 0.412 e. The van der Waals surface area contributed by atoms with Crippen LogP contribution in [0.25, 0.3) is 0 Å². The summed E-state index contributed by atoms with van der Waals surface area (Å²) in [6.45, 7) is 6.35. The fourth-order valence-electron chi connectivity index (χ4n) is 1.69. The molecule has 1 amide bonds. The van der Waals surface area contributed by atoms with Gasteiger partial charge in [-0.2, -0.15) is 0 Å². The van der Waals surface area contributed by atoms with Crippen molar-refractivity contribution >= 4 is 29.2 Å². The monoisotopic (exact) mass is 335 g/mol. The molecule has 3 N–H and O–H groups in total. The van der Waals surface area contributed by atoms with E-state index >= 15 is 0 Å². The lowest BCUT2D eigenvalue weighted by Gasteiger charge is -2.20. The number of nitrogens with zero attached hydrogens (tertiary/aromatic N) is 1. The van der Waals surface area contributed by atoms with Gasteiger partial charge in [0.05, 0.1) is 16.9 Å². The van der Waals surface area contributed by atoms with Crippen molar-refractivity contribution in [2.24, 2.45) is 0 Å². The SMILES string of the molecule is C#Cc1cc(SCCN(C)C)cc(NC(=O)OC(C)(C)C)c1N. The third-order valence-electron chi connectivity index (χ3n) is 2.75. The van der Waals surface area contributed by atoms with Crippen LogP contribution in [0.1, 0.15) is 26.3 Å². The Morgan fingerprint density at radius 2 is 2.09 bits per heavy atom. The summed E-state index contributed by atoms with van der Waals surface area (Å²) in [5, 5.41) is 2.68. The molecule has 0 radical (unpaired) electrons. The van der Waals surface area contributed by atoms with Gasteiger partial charge in [-0.1, -0.05) is 5.92 Å². The van der Waals surface area contributed by atoms with Crippen molar-refractivity contribution < 1.29 is 9.53 Å². The molecule has 126 valence electrons. The van der Waals surface area contributed by atoms with Gasteiger partial charge in [-0.15, -0.1) is 18.2 Å². The van der Waals surface area contributed by atoms with E-state index in [1.807, 2.05) is 26.2 Å². The van der Waals surface area contributed by atoms with Crippen molar-refractivity contribution in [3.05, 3.63) is 17.7 Å². The molecule has 0 aromatic heterocycles. The average molecular weight is 335 g/mol. The number of hydrogen-bond acceptors (Lipinski definition) is 5. The van der Waals surface area contributed by atoms with Gasteiger partial charge in [-0.05, 0) is 47.0 Å². The van der Waals surface area contributed by atoms with Gasteiger partial charge >= 0.3 is 6.09 Å². The molecule has 0 aliphatic carbocycles. The predicted molar refractivity (Wildman–Crippen MR) is 97.9 cm³/mol. The second-order valence-electron chi connectivity index (χ2n) is 6.36. The largest absolute Gasteiger partial charge is 0.444 e. The first-order chi connectivity index (χ1) is 10.6. The normalized spacial score (nSPS) is 11.2. The summed E-state index contributed by atoms with van der Waals surface area (Å²) in [5.74, 6) is 3.47. The number of terminal acetylenes is 1. The summed E-state index contributed by atoms with van der Waals surface area (Å²) in [6, 6.07) is 3.68. The molecule has 1 aromatic carbocycles.